The summed E-state index contributed by atoms with van der Waals surface area (Å²) in [5, 5.41) is 2.73. The lowest BCUT2D eigenvalue weighted by Gasteiger charge is -2.07. The Balaban J connectivity index is 1.74. The zero-order chi connectivity index (χ0) is 13.5. The summed E-state index contributed by atoms with van der Waals surface area (Å²) >= 11 is 0. The van der Waals surface area contributed by atoms with Gasteiger partial charge in [-0.05, 0) is 24.3 Å². The van der Waals surface area contributed by atoms with Crippen molar-refractivity contribution in [2.45, 2.75) is 0 Å². The fourth-order valence-electron chi connectivity index (χ4n) is 1.58. The number of halogens is 1. The Hall–Kier alpha value is -2.36. The number of carbonyl (C=O) groups is 1. The van der Waals surface area contributed by atoms with Gasteiger partial charge in [-0.25, -0.2) is 4.39 Å². The van der Waals surface area contributed by atoms with Gasteiger partial charge in [-0.1, -0.05) is 24.3 Å². The molecule has 0 aliphatic carbocycles. The molecule has 0 fully saturated rings. The molecular formula is C15H14FNO2. The minimum atomic E-state index is -0.342. The molecule has 4 heteroatoms. The largest absolute Gasteiger partial charge is 0.492 e. The molecule has 1 N–H and O–H groups in total. The number of rotatable bonds is 5. The third kappa shape index (κ3) is 4.10. The van der Waals surface area contributed by atoms with Crippen LogP contribution >= 0.6 is 0 Å². The van der Waals surface area contributed by atoms with Gasteiger partial charge in [0.25, 0.3) is 5.91 Å². The number of hydrogen-bond acceptors (Lipinski definition) is 2. The molecule has 0 spiro atoms. The summed E-state index contributed by atoms with van der Waals surface area (Å²) in [7, 11) is 0. The lowest BCUT2D eigenvalue weighted by molar-refractivity contribution is 0.0947. The molecule has 2 rings (SSSR count). The van der Waals surface area contributed by atoms with E-state index in [-0.39, 0.29) is 11.7 Å². The van der Waals surface area contributed by atoms with E-state index in [1.165, 1.54) is 12.1 Å². The summed E-state index contributed by atoms with van der Waals surface area (Å²) in [5.74, 6) is -0.0387. The number of carbonyl (C=O) groups excluding carboxylic acids is 1. The molecule has 0 atom stereocenters. The molecule has 3 nitrogen and oxygen atoms in total. The fourth-order valence-corrected chi connectivity index (χ4v) is 1.58. The van der Waals surface area contributed by atoms with E-state index >= 15 is 0 Å². The van der Waals surface area contributed by atoms with Crippen molar-refractivity contribution >= 4 is 5.91 Å². The summed E-state index contributed by atoms with van der Waals surface area (Å²) in [5.41, 5.74) is 0.605. The molecular weight excluding hydrogens is 245 g/mol. The van der Waals surface area contributed by atoms with Gasteiger partial charge >= 0.3 is 0 Å². The molecule has 0 aliphatic rings. The molecule has 1 amide bonds. The molecule has 0 heterocycles. The van der Waals surface area contributed by atoms with Crippen molar-refractivity contribution in [2.24, 2.45) is 0 Å². The zero-order valence-electron chi connectivity index (χ0n) is 10.3. The van der Waals surface area contributed by atoms with Crippen LogP contribution in [0.3, 0.4) is 0 Å². The monoisotopic (exact) mass is 259 g/mol. The van der Waals surface area contributed by atoms with Crippen molar-refractivity contribution in [3.63, 3.8) is 0 Å². The summed E-state index contributed by atoms with van der Waals surface area (Å²) in [6.45, 7) is 0.659. The van der Waals surface area contributed by atoms with E-state index in [0.29, 0.717) is 24.5 Å². The van der Waals surface area contributed by atoms with Gasteiger partial charge in [-0.15, -0.1) is 0 Å². The van der Waals surface area contributed by atoms with Crippen molar-refractivity contribution in [1.29, 1.82) is 0 Å². The minimum absolute atomic E-state index is 0.150. The first kappa shape index (κ1) is 13.1. The number of hydrogen-bond donors (Lipinski definition) is 1. The second kappa shape index (κ2) is 6.54. The lowest BCUT2D eigenvalue weighted by atomic mass is 10.2. The SMILES string of the molecule is O=C(NCCOc1cccc(F)c1)c1ccccc1. The molecule has 2 aromatic carbocycles. The Bertz CT molecular complexity index is 543. The fraction of sp³-hybridized carbons (Fsp3) is 0.133. The van der Waals surface area contributed by atoms with Gasteiger partial charge in [0.1, 0.15) is 18.2 Å². The average molecular weight is 259 g/mol. The predicted molar refractivity (Wildman–Crippen MR) is 70.7 cm³/mol. The second-order valence-corrected chi connectivity index (χ2v) is 3.93. The number of ether oxygens (including phenoxy) is 1. The van der Waals surface area contributed by atoms with E-state index in [9.17, 15) is 9.18 Å². The molecule has 0 aromatic heterocycles. The molecule has 19 heavy (non-hydrogen) atoms. The number of benzene rings is 2. The predicted octanol–water partition coefficient (Wildman–Crippen LogP) is 2.63. The molecule has 2 aromatic rings. The summed E-state index contributed by atoms with van der Waals surface area (Å²) in [6.07, 6.45) is 0. The van der Waals surface area contributed by atoms with Crippen LogP contribution in [-0.2, 0) is 0 Å². The van der Waals surface area contributed by atoms with Crippen LogP contribution in [0.2, 0.25) is 0 Å². The maximum Gasteiger partial charge on any atom is 0.251 e. The standard InChI is InChI=1S/C15H14FNO2/c16-13-7-4-8-14(11-13)19-10-9-17-15(18)12-5-2-1-3-6-12/h1-8,11H,9-10H2,(H,17,18). The first-order chi connectivity index (χ1) is 9.25. The average Bonchev–Trinajstić information content (AvgIpc) is 2.44. The lowest BCUT2D eigenvalue weighted by Crippen LogP contribution is -2.28. The Morgan fingerprint density at radius 3 is 2.63 bits per heavy atom. The van der Waals surface area contributed by atoms with Gasteiger partial charge in [0.15, 0.2) is 0 Å². The molecule has 0 saturated heterocycles. The van der Waals surface area contributed by atoms with Crippen molar-refractivity contribution < 1.29 is 13.9 Å². The highest BCUT2D eigenvalue weighted by molar-refractivity contribution is 5.94. The quantitative estimate of drug-likeness (QED) is 0.838. The van der Waals surface area contributed by atoms with E-state index in [1.807, 2.05) is 6.07 Å². The first-order valence-electron chi connectivity index (χ1n) is 5.97. The van der Waals surface area contributed by atoms with Crippen LogP contribution in [0.25, 0.3) is 0 Å². The van der Waals surface area contributed by atoms with Crippen LogP contribution in [0.15, 0.2) is 54.6 Å². The van der Waals surface area contributed by atoms with E-state index in [2.05, 4.69) is 5.32 Å². The third-order valence-electron chi connectivity index (χ3n) is 2.49. The van der Waals surface area contributed by atoms with E-state index in [4.69, 9.17) is 4.74 Å². The highest BCUT2D eigenvalue weighted by Crippen LogP contribution is 2.11. The normalized spacial score (nSPS) is 9.95. The minimum Gasteiger partial charge on any atom is -0.492 e. The molecule has 0 aliphatic heterocycles. The van der Waals surface area contributed by atoms with Crippen molar-refractivity contribution in [2.75, 3.05) is 13.2 Å². The van der Waals surface area contributed by atoms with E-state index < -0.39 is 0 Å². The van der Waals surface area contributed by atoms with Gasteiger partial charge in [0, 0.05) is 11.6 Å². The zero-order valence-corrected chi connectivity index (χ0v) is 10.3. The second-order valence-electron chi connectivity index (χ2n) is 3.93. The Morgan fingerprint density at radius 1 is 1.11 bits per heavy atom. The molecule has 98 valence electrons. The molecule has 0 radical (unpaired) electrons. The van der Waals surface area contributed by atoms with Crippen LogP contribution < -0.4 is 10.1 Å². The van der Waals surface area contributed by atoms with Gasteiger partial charge in [0.2, 0.25) is 0 Å². The maximum absolute atomic E-state index is 12.9. The van der Waals surface area contributed by atoms with Crippen molar-refractivity contribution in [3.05, 3.63) is 66.0 Å². The van der Waals surface area contributed by atoms with Crippen LogP contribution in [0, 0.1) is 5.82 Å². The summed E-state index contributed by atoms with van der Waals surface area (Å²) in [4.78, 5) is 11.7. The molecule has 0 saturated carbocycles. The van der Waals surface area contributed by atoms with Gasteiger partial charge in [-0.2, -0.15) is 0 Å². The van der Waals surface area contributed by atoms with Gasteiger partial charge < -0.3 is 10.1 Å². The topological polar surface area (TPSA) is 38.3 Å². The molecule has 0 unspecified atom stereocenters. The van der Waals surface area contributed by atoms with Crippen molar-refractivity contribution in [3.8, 4) is 5.75 Å². The third-order valence-corrected chi connectivity index (χ3v) is 2.49. The highest BCUT2D eigenvalue weighted by atomic mass is 19.1. The van der Waals surface area contributed by atoms with Crippen LogP contribution in [0.1, 0.15) is 10.4 Å². The Labute approximate surface area is 111 Å². The number of amides is 1. The van der Waals surface area contributed by atoms with Crippen LogP contribution in [0.5, 0.6) is 5.75 Å². The highest BCUT2D eigenvalue weighted by Gasteiger charge is 2.03. The first-order valence-corrected chi connectivity index (χ1v) is 5.97. The Kier molecular flexibility index (Phi) is 4.50. The summed E-state index contributed by atoms with van der Waals surface area (Å²) < 4.78 is 18.2. The maximum atomic E-state index is 12.9. The van der Waals surface area contributed by atoms with E-state index in [0.717, 1.165) is 0 Å². The summed E-state index contributed by atoms with van der Waals surface area (Å²) in [6, 6.07) is 14.8. The Morgan fingerprint density at radius 2 is 1.89 bits per heavy atom. The number of nitrogens with one attached hydrogen (secondary N) is 1. The molecule has 0 bridgehead atoms. The van der Waals surface area contributed by atoms with E-state index in [1.54, 1.807) is 36.4 Å². The van der Waals surface area contributed by atoms with Gasteiger partial charge in [-0.3, -0.25) is 4.79 Å². The van der Waals surface area contributed by atoms with Crippen LogP contribution in [-0.4, -0.2) is 19.1 Å². The van der Waals surface area contributed by atoms with Crippen molar-refractivity contribution in [1.82, 2.24) is 5.32 Å². The van der Waals surface area contributed by atoms with Gasteiger partial charge in [0.05, 0.1) is 6.54 Å². The smallest absolute Gasteiger partial charge is 0.251 e. The van der Waals surface area contributed by atoms with Crippen LogP contribution in [0.4, 0.5) is 4.39 Å².